The van der Waals surface area contributed by atoms with E-state index in [4.69, 9.17) is 9.47 Å². The number of sulfonamides is 1. The zero-order valence-corrected chi connectivity index (χ0v) is 12.1. The molecular weight excluding hydrogens is 280 g/mol. The van der Waals surface area contributed by atoms with Gasteiger partial charge in [0.05, 0.1) is 31.7 Å². The topological polar surface area (TPSA) is 76.7 Å². The summed E-state index contributed by atoms with van der Waals surface area (Å²) in [5.41, 5.74) is 0.968. The van der Waals surface area contributed by atoms with Crippen LogP contribution in [0, 0.1) is 0 Å². The van der Waals surface area contributed by atoms with Gasteiger partial charge < -0.3 is 14.8 Å². The molecular formula is C13H20N2O4S. The maximum atomic E-state index is 11.8. The van der Waals surface area contributed by atoms with Crippen LogP contribution >= 0.6 is 0 Å². The van der Waals surface area contributed by atoms with E-state index in [0.717, 1.165) is 5.69 Å². The molecule has 2 N–H and O–H groups in total. The average molecular weight is 300 g/mol. The minimum absolute atomic E-state index is 0.0572. The number of hydrogen-bond donors (Lipinski definition) is 2. The fourth-order valence-corrected chi connectivity index (χ4v) is 3.12. The monoisotopic (exact) mass is 300 g/mol. The van der Waals surface area contributed by atoms with Crippen LogP contribution in [0.1, 0.15) is 0 Å². The Morgan fingerprint density at radius 1 is 1.15 bits per heavy atom. The molecule has 1 aromatic carbocycles. The Labute approximate surface area is 119 Å². The van der Waals surface area contributed by atoms with Crippen LogP contribution in [0.5, 0.6) is 0 Å². The summed E-state index contributed by atoms with van der Waals surface area (Å²) in [6.07, 6.45) is -0.372. The van der Waals surface area contributed by atoms with E-state index in [1.807, 2.05) is 30.3 Å². The summed E-state index contributed by atoms with van der Waals surface area (Å²) in [5, 5.41) is 3.14. The molecule has 0 bridgehead atoms. The van der Waals surface area contributed by atoms with Crippen molar-refractivity contribution >= 4 is 15.7 Å². The highest BCUT2D eigenvalue weighted by Gasteiger charge is 2.21. The Hall–Kier alpha value is -1.15. The zero-order chi connectivity index (χ0) is 14.3. The predicted molar refractivity (Wildman–Crippen MR) is 77.3 cm³/mol. The minimum Gasteiger partial charge on any atom is -0.384 e. The van der Waals surface area contributed by atoms with Crippen molar-refractivity contribution in [3.8, 4) is 0 Å². The maximum absolute atomic E-state index is 11.8. The Morgan fingerprint density at radius 2 is 1.95 bits per heavy atom. The second kappa shape index (κ2) is 7.58. The number of ether oxygens (including phenoxy) is 2. The van der Waals surface area contributed by atoms with Gasteiger partial charge >= 0.3 is 0 Å². The fourth-order valence-electron chi connectivity index (χ4n) is 1.91. The van der Waals surface area contributed by atoms with E-state index in [9.17, 15) is 8.42 Å². The van der Waals surface area contributed by atoms with Crippen molar-refractivity contribution < 1.29 is 17.9 Å². The Balaban J connectivity index is 1.67. The number of para-hydroxylation sites is 1. The number of rotatable bonds is 7. The van der Waals surface area contributed by atoms with Gasteiger partial charge in [-0.15, -0.1) is 0 Å². The van der Waals surface area contributed by atoms with Crippen LogP contribution in [-0.4, -0.2) is 53.2 Å². The summed E-state index contributed by atoms with van der Waals surface area (Å²) in [4.78, 5) is 0. The fraction of sp³-hybridized carbons (Fsp3) is 0.538. The lowest BCUT2D eigenvalue weighted by Crippen LogP contribution is -2.40. The van der Waals surface area contributed by atoms with Gasteiger partial charge in [-0.25, -0.2) is 13.1 Å². The Bertz CT molecular complexity index is 486. The minimum atomic E-state index is -3.33. The van der Waals surface area contributed by atoms with Crippen LogP contribution in [0.25, 0.3) is 0 Å². The third-order valence-corrected chi connectivity index (χ3v) is 4.29. The highest BCUT2D eigenvalue weighted by Crippen LogP contribution is 2.05. The van der Waals surface area contributed by atoms with E-state index >= 15 is 0 Å². The van der Waals surface area contributed by atoms with Gasteiger partial charge in [0.15, 0.2) is 0 Å². The van der Waals surface area contributed by atoms with Gasteiger partial charge in [-0.1, -0.05) is 18.2 Å². The molecule has 0 spiro atoms. The first-order valence-corrected chi connectivity index (χ1v) is 8.26. The van der Waals surface area contributed by atoms with Crippen molar-refractivity contribution in [2.24, 2.45) is 0 Å². The van der Waals surface area contributed by atoms with Gasteiger partial charge in [0, 0.05) is 18.8 Å². The van der Waals surface area contributed by atoms with Crippen molar-refractivity contribution in [1.82, 2.24) is 4.72 Å². The molecule has 0 aliphatic carbocycles. The molecule has 1 aliphatic rings. The van der Waals surface area contributed by atoms with Crippen molar-refractivity contribution in [3.05, 3.63) is 30.3 Å². The lowest BCUT2D eigenvalue weighted by atomic mass is 10.3. The second-order valence-corrected chi connectivity index (χ2v) is 6.39. The molecule has 1 heterocycles. The smallest absolute Gasteiger partial charge is 0.214 e. The highest BCUT2D eigenvalue weighted by atomic mass is 32.2. The molecule has 1 atom stereocenters. The van der Waals surface area contributed by atoms with Gasteiger partial charge in [-0.2, -0.15) is 0 Å². The summed E-state index contributed by atoms with van der Waals surface area (Å²) in [7, 11) is -3.33. The molecule has 1 aliphatic heterocycles. The van der Waals surface area contributed by atoms with Crippen LogP contribution in [0.3, 0.4) is 0 Å². The van der Waals surface area contributed by atoms with E-state index in [0.29, 0.717) is 32.9 Å². The van der Waals surface area contributed by atoms with Crippen LogP contribution in [0.15, 0.2) is 30.3 Å². The largest absolute Gasteiger partial charge is 0.384 e. The Kier molecular flexibility index (Phi) is 5.78. The molecule has 2 rings (SSSR count). The Morgan fingerprint density at radius 3 is 2.65 bits per heavy atom. The second-order valence-electron chi connectivity index (χ2n) is 4.54. The lowest BCUT2D eigenvalue weighted by Gasteiger charge is -2.22. The van der Waals surface area contributed by atoms with Crippen molar-refractivity contribution in [2.75, 3.05) is 44.0 Å². The van der Waals surface area contributed by atoms with E-state index in [-0.39, 0.29) is 11.9 Å². The van der Waals surface area contributed by atoms with Crippen LogP contribution in [0.4, 0.5) is 5.69 Å². The normalized spacial score (nSPS) is 19.7. The van der Waals surface area contributed by atoms with Crippen molar-refractivity contribution in [3.63, 3.8) is 0 Å². The molecule has 112 valence electrons. The average Bonchev–Trinajstić information content (AvgIpc) is 2.45. The molecule has 0 aromatic heterocycles. The summed E-state index contributed by atoms with van der Waals surface area (Å²) in [6.45, 7) is 2.19. The zero-order valence-electron chi connectivity index (χ0n) is 11.2. The molecule has 1 saturated heterocycles. The summed E-state index contributed by atoms with van der Waals surface area (Å²) in [5.74, 6) is -0.0572. The quantitative estimate of drug-likeness (QED) is 0.714. The third kappa shape index (κ3) is 5.46. The maximum Gasteiger partial charge on any atom is 0.214 e. The molecule has 1 aromatic rings. The first kappa shape index (κ1) is 15.2. The van der Waals surface area contributed by atoms with Gasteiger partial charge in [0.1, 0.15) is 0 Å². The number of benzene rings is 1. The van der Waals surface area contributed by atoms with Crippen LogP contribution in [0.2, 0.25) is 0 Å². The number of nitrogens with one attached hydrogen (secondary N) is 2. The molecule has 0 amide bonds. The van der Waals surface area contributed by atoms with E-state index in [1.165, 1.54) is 0 Å². The first-order chi connectivity index (χ1) is 9.66. The van der Waals surface area contributed by atoms with Crippen molar-refractivity contribution in [2.45, 2.75) is 6.10 Å². The van der Waals surface area contributed by atoms with Gasteiger partial charge in [-0.3, -0.25) is 0 Å². The first-order valence-electron chi connectivity index (χ1n) is 6.61. The number of anilines is 1. The number of hydrogen-bond acceptors (Lipinski definition) is 5. The van der Waals surface area contributed by atoms with Gasteiger partial charge in [0.2, 0.25) is 10.0 Å². The van der Waals surface area contributed by atoms with E-state index in [1.54, 1.807) is 0 Å². The summed E-state index contributed by atoms with van der Waals surface area (Å²) in [6, 6.07) is 9.64. The SMILES string of the molecule is O=S(=O)(C[C@H]1COCCO1)NCCNc1ccccc1. The molecule has 7 heteroatoms. The third-order valence-electron chi connectivity index (χ3n) is 2.84. The van der Waals surface area contributed by atoms with Crippen LogP contribution < -0.4 is 10.0 Å². The standard InChI is InChI=1S/C13H20N2O4S/c16-20(17,11-13-10-18-8-9-19-13)15-7-6-14-12-4-2-1-3-5-12/h1-5,13-15H,6-11H2/t13-/m1/s1. The summed E-state index contributed by atoms with van der Waals surface area (Å²) >= 11 is 0. The van der Waals surface area contributed by atoms with E-state index in [2.05, 4.69) is 10.0 Å². The molecule has 0 unspecified atom stereocenters. The summed E-state index contributed by atoms with van der Waals surface area (Å²) < 4.78 is 36.7. The lowest BCUT2D eigenvalue weighted by molar-refractivity contribution is -0.0782. The molecule has 1 fully saturated rings. The predicted octanol–water partition coefficient (Wildman–Crippen LogP) is 0.433. The molecule has 0 radical (unpaired) electrons. The van der Waals surface area contributed by atoms with Crippen molar-refractivity contribution in [1.29, 1.82) is 0 Å². The molecule has 20 heavy (non-hydrogen) atoms. The van der Waals surface area contributed by atoms with E-state index < -0.39 is 10.0 Å². The van der Waals surface area contributed by atoms with Crippen LogP contribution in [-0.2, 0) is 19.5 Å². The van der Waals surface area contributed by atoms with Gasteiger partial charge in [-0.05, 0) is 12.1 Å². The van der Waals surface area contributed by atoms with Gasteiger partial charge in [0.25, 0.3) is 0 Å². The highest BCUT2D eigenvalue weighted by molar-refractivity contribution is 7.89. The molecule has 0 saturated carbocycles. The molecule has 6 nitrogen and oxygen atoms in total.